The van der Waals surface area contributed by atoms with Crippen LogP contribution in [0.25, 0.3) is 10.2 Å². The van der Waals surface area contributed by atoms with E-state index >= 15 is 0 Å². The molecule has 32 heavy (non-hydrogen) atoms. The monoisotopic (exact) mass is 472 g/mol. The molecule has 2 N–H and O–H groups in total. The van der Waals surface area contributed by atoms with Crippen molar-refractivity contribution in [3.05, 3.63) is 58.1 Å². The average Bonchev–Trinajstić information content (AvgIpc) is 3.45. The number of thiazole rings is 1. The summed E-state index contributed by atoms with van der Waals surface area (Å²) in [5.74, 6) is -0.141. The van der Waals surface area contributed by atoms with Gasteiger partial charge in [0.2, 0.25) is 5.91 Å². The maximum Gasteiger partial charge on any atom is 0.269 e. The van der Waals surface area contributed by atoms with E-state index in [9.17, 15) is 19.7 Å². The number of nitrogens with zero attached hydrogens (tertiary/aromatic N) is 2. The number of anilines is 1. The molecular formula is C21H20N4O5S2. The molecule has 4 rings (SSSR count). The van der Waals surface area contributed by atoms with Crippen molar-refractivity contribution < 1.29 is 19.2 Å². The lowest BCUT2D eigenvalue weighted by molar-refractivity contribution is -0.384. The molecule has 11 heteroatoms. The van der Waals surface area contributed by atoms with Crippen molar-refractivity contribution in [2.75, 3.05) is 24.2 Å². The summed E-state index contributed by atoms with van der Waals surface area (Å²) >= 11 is 2.81. The summed E-state index contributed by atoms with van der Waals surface area (Å²) in [6, 6.07) is 10.8. The van der Waals surface area contributed by atoms with Gasteiger partial charge in [-0.3, -0.25) is 19.7 Å². The second-order valence-electron chi connectivity index (χ2n) is 7.15. The molecule has 2 heterocycles. The molecule has 0 spiro atoms. The molecule has 1 aliphatic heterocycles. The highest BCUT2D eigenvalue weighted by atomic mass is 32.2. The first-order valence-corrected chi connectivity index (χ1v) is 11.8. The van der Waals surface area contributed by atoms with Crippen LogP contribution in [-0.2, 0) is 9.53 Å². The molecule has 3 aromatic rings. The first-order chi connectivity index (χ1) is 15.5. The number of ether oxygens (including phenoxy) is 1. The molecule has 0 unspecified atom stereocenters. The molecule has 1 fully saturated rings. The third-order valence-corrected chi connectivity index (χ3v) is 7.01. The number of nitro benzene ring substituents is 1. The fourth-order valence-electron chi connectivity index (χ4n) is 3.19. The quantitative estimate of drug-likeness (QED) is 0.290. The van der Waals surface area contributed by atoms with Crippen LogP contribution < -0.4 is 10.6 Å². The number of benzene rings is 2. The Bertz CT molecular complexity index is 1140. The van der Waals surface area contributed by atoms with Gasteiger partial charge in [0, 0.05) is 36.5 Å². The number of nitro groups is 1. The van der Waals surface area contributed by atoms with Crippen LogP contribution in [-0.4, -0.2) is 46.7 Å². The minimum atomic E-state index is -0.511. The van der Waals surface area contributed by atoms with Crippen LogP contribution in [0.5, 0.6) is 0 Å². The summed E-state index contributed by atoms with van der Waals surface area (Å²) in [5.41, 5.74) is 1.63. The summed E-state index contributed by atoms with van der Waals surface area (Å²) in [6.07, 6.45) is 2.14. The van der Waals surface area contributed by atoms with Crippen molar-refractivity contribution >= 4 is 56.5 Å². The van der Waals surface area contributed by atoms with Crippen LogP contribution in [0.3, 0.4) is 0 Å². The van der Waals surface area contributed by atoms with Gasteiger partial charge < -0.3 is 15.4 Å². The second-order valence-corrected chi connectivity index (χ2v) is 9.40. The number of hydrogen-bond donors (Lipinski definition) is 2. The molecule has 0 radical (unpaired) electrons. The van der Waals surface area contributed by atoms with Gasteiger partial charge in [0.05, 0.1) is 27.0 Å². The molecule has 2 aromatic carbocycles. The van der Waals surface area contributed by atoms with E-state index < -0.39 is 4.92 Å². The Hall–Kier alpha value is -3.02. The molecule has 2 amide bonds. The van der Waals surface area contributed by atoms with Crippen molar-refractivity contribution in [1.82, 2.24) is 10.3 Å². The first kappa shape index (κ1) is 22.2. The zero-order valence-electron chi connectivity index (χ0n) is 16.9. The SMILES string of the molecule is O=C(CSc1nc2ccc(NC(=O)c3ccc([N+](=O)[O-])cc3)cc2s1)NC[C@@H]1CCCO1. The molecule has 0 bridgehead atoms. The largest absolute Gasteiger partial charge is 0.376 e. The third kappa shape index (κ3) is 5.61. The van der Waals surface area contributed by atoms with E-state index in [0.717, 1.165) is 34.0 Å². The molecule has 9 nitrogen and oxygen atoms in total. The van der Waals surface area contributed by atoms with E-state index in [2.05, 4.69) is 15.6 Å². The number of thioether (sulfide) groups is 1. The standard InChI is InChI=1S/C21H20N4O5S2/c26-19(22-11-16-2-1-9-30-16)12-31-21-24-17-8-5-14(10-18(17)32-21)23-20(27)13-3-6-15(7-4-13)25(28)29/h3-8,10,16H,1-2,9,11-12H2,(H,22,26)(H,23,27)/t16-/m0/s1. The summed E-state index contributed by atoms with van der Waals surface area (Å²) in [4.78, 5) is 39.2. The zero-order chi connectivity index (χ0) is 22.5. The Morgan fingerprint density at radius 3 is 2.78 bits per heavy atom. The number of amides is 2. The van der Waals surface area contributed by atoms with Gasteiger partial charge in [-0.1, -0.05) is 11.8 Å². The van der Waals surface area contributed by atoms with Gasteiger partial charge in [-0.15, -0.1) is 11.3 Å². The van der Waals surface area contributed by atoms with Crippen molar-refractivity contribution in [1.29, 1.82) is 0 Å². The maximum absolute atomic E-state index is 12.4. The minimum Gasteiger partial charge on any atom is -0.376 e. The molecule has 0 aliphatic carbocycles. The van der Waals surface area contributed by atoms with Crippen LogP contribution in [0.1, 0.15) is 23.2 Å². The second kappa shape index (κ2) is 10.1. The topological polar surface area (TPSA) is 123 Å². The fourth-order valence-corrected chi connectivity index (χ4v) is 5.13. The number of rotatable bonds is 8. The van der Waals surface area contributed by atoms with Crippen molar-refractivity contribution in [2.45, 2.75) is 23.3 Å². The Morgan fingerprint density at radius 2 is 2.06 bits per heavy atom. The molecule has 1 saturated heterocycles. The maximum atomic E-state index is 12.4. The van der Waals surface area contributed by atoms with Crippen LogP contribution in [0.4, 0.5) is 11.4 Å². The lowest BCUT2D eigenvalue weighted by Crippen LogP contribution is -2.32. The number of carbonyl (C=O) groups excluding carboxylic acids is 2. The van der Waals surface area contributed by atoms with Crippen LogP contribution in [0.2, 0.25) is 0 Å². The van der Waals surface area contributed by atoms with Crippen LogP contribution in [0.15, 0.2) is 46.8 Å². The van der Waals surface area contributed by atoms with Gasteiger partial charge in [-0.25, -0.2) is 4.98 Å². The first-order valence-electron chi connectivity index (χ1n) is 9.95. The van der Waals surface area contributed by atoms with E-state index in [1.807, 2.05) is 6.07 Å². The summed E-state index contributed by atoms with van der Waals surface area (Å²) in [6.45, 7) is 1.30. The van der Waals surface area contributed by atoms with E-state index in [1.54, 1.807) is 12.1 Å². The van der Waals surface area contributed by atoms with E-state index in [1.165, 1.54) is 47.4 Å². The van der Waals surface area contributed by atoms with Crippen molar-refractivity contribution in [2.24, 2.45) is 0 Å². The van der Waals surface area contributed by atoms with Gasteiger partial charge in [0.1, 0.15) is 0 Å². The molecule has 0 saturated carbocycles. The van der Waals surface area contributed by atoms with Gasteiger partial charge in [0.25, 0.3) is 11.6 Å². The number of aromatic nitrogens is 1. The Morgan fingerprint density at radius 1 is 1.25 bits per heavy atom. The summed E-state index contributed by atoms with van der Waals surface area (Å²) in [7, 11) is 0. The molecule has 1 aromatic heterocycles. The van der Waals surface area contributed by atoms with Crippen LogP contribution in [0, 0.1) is 10.1 Å². The van der Waals surface area contributed by atoms with Crippen molar-refractivity contribution in [3.8, 4) is 0 Å². The van der Waals surface area contributed by atoms with E-state index in [0.29, 0.717) is 17.8 Å². The van der Waals surface area contributed by atoms with E-state index in [-0.39, 0.29) is 29.4 Å². The number of carbonyl (C=O) groups is 2. The lowest BCUT2D eigenvalue weighted by Gasteiger charge is -2.09. The summed E-state index contributed by atoms with van der Waals surface area (Å²) < 4.78 is 7.15. The third-order valence-electron chi connectivity index (χ3n) is 4.84. The lowest BCUT2D eigenvalue weighted by atomic mass is 10.2. The summed E-state index contributed by atoms with van der Waals surface area (Å²) in [5, 5.41) is 16.4. The highest BCUT2D eigenvalue weighted by molar-refractivity contribution is 8.01. The Kier molecular flexibility index (Phi) is 6.98. The number of hydrogen-bond acceptors (Lipinski definition) is 8. The normalized spacial score (nSPS) is 15.6. The number of nitrogens with one attached hydrogen (secondary N) is 2. The van der Waals surface area contributed by atoms with Gasteiger partial charge >= 0.3 is 0 Å². The van der Waals surface area contributed by atoms with E-state index in [4.69, 9.17) is 4.74 Å². The van der Waals surface area contributed by atoms with Gasteiger partial charge in [0.15, 0.2) is 4.34 Å². The zero-order valence-corrected chi connectivity index (χ0v) is 18.5. The molecule has 1 aliphatic rings. The Labute approximate surface area is 191 Å². The van der Waals surface area contributed by atoms with Crippen LogP contribution >= 0.6 is 23.1 Å². The van der Waals surface area contributed by atoms with Gasteiger partial charge in [-0.2, -0.15) is 0 Å². The minimum absolute atomic E-state index is 0.0548. The Balaban J connectivity index is 1.33. The predicted octanol–water partition coefficient (Wildman–Crippen LogP) is 3.84. The van der Waals surface area contributed by atoms with Gasteiger partial charge in [-0.05, 0) is 43.2 Å². The highest BCUT2D eigenvalue weighted by Gasteiger charge is 2.16. The fraction of sp³-hybridized carbons (Fsp3) is 0.286. The predicted molar refractivity (Wildman–Crippen MR) is 123 cm³/mol. The average molecular weight is 473 g/mol. The van der Waals surface area contributed by atoms with Crippen molar-refractivity contribution in [3.63, 3.8) is 0 Å². The smallest absolute Gasteiger partial charge is 0.269 e. The highest BCUT2D eigenvalue weighted by Crippen LogP contribution is 2.31. The molecule has 1 atom stereocenters. The molecule has 166 valence electrons. The molecular weight excluding hydrogens is 452 g/mol. The number of fused-ring (bicyclic) bond motifs is 1. The number of non-ortho nitro benzene ring substituents is 1.